The van der Waals surface area contributed by atoms with Crippen molar-refractivity contribution in [2.24, 2.45) is 0 Å². The van der Waals surface area contributed by atoms with Crippen LogP contribution in [0.15, 0.2) is 36.4 Å². The number of carbonyl (C=O) groups excluding carboxylic acids is 2. The fourth-order valence-electron chi connectivity index (χ4n) is 1.89. The highest BCUT2D eigenvalue weighted by Gasteiger charge is 2.20. The Morgan fingerprint density at radius 2 is 1.96 bits per heavy atom. The Labute approximate surface area is 135 Å². The third-order valence-electron chi connectivity index (χ3n) is 3.40. The molecule has 0 radical (unpaired) electrons. The van der Waals surface area contributed by atoms with Crippen LogP contribution < -0.4 is 5.32 Å². The molecule has 2 N–H and O–H groups in total. The molecule has 124 valence electrons. The summed E-state index contributed by atoms with van der Waals surface area (Å²) in [5.41, 5.74) is 0.648. The highest BCUT2D eigenvalue weighted by atomic mass is 16.4. The zero-order valence-corrected chi connectivity index (χ0v) is 13.6. The third kappa shape index (κ3) is 5.25. The second kappa shape index (κ2) is 8.73. The van der Waals surface area contributed by atoms with Crippen LogP contribution in [0.2, 0.25) is 0 Å². The lowest BCUT2D eigenvalue weighted by molar-refractivity contribution is -0.139. The standard InChI is InChI=1S/C17H22N2O4/c1-4-6-10-14(17(22)23)18-15(20)12-8-7-9-13(11-12)16(21)19(3)5-2/h4,6-9,11,14H,5,10H2,1-3H3,(H,18,20)(H,22,23)/b6-4+. The molecule has 0 heterocycles. The number of hydrogen-bond acceptors (Lipinski definition) is 3. The maximum Gasteiger partial charge on any atom is 0.326 e. The lowest BCUT2D eigenvalue weighted by Crippen LogP contribution is -2.40. The van der Waals surface area contributed by atoms with E-state index in [1.165, 1.54) is 11.0 Å². The Morgan fingerprint density at radius 3 is 2.52 bits per heavy atom. The summed E-state index contributed by atoms with van der Waals surface area (Å²) >= 11 is 0. The normalized spacial score (nSPS) is 12.0. The molecule has 6 heteroatoms. The van der Waals surface area contributed by atoms with E-state index in [1.807, 2.05) is 6.92 Å². The minimum Gasteiger partial charge on any atom is -0.480 e. The summed E-state index contributed by atoms with van der Waals surface area (Å²) in [5, 5.41) is 11.6. The van der Waals surface area contributed by atoms with Gasteiger partial charge < -0.3 is 15.3 Å². The Morgan fingerprint density at radius 1 is 1.30 bits per heavy atom. The molecule has 6 nitrogen and oxygen atoms in total. The molecule has 1 aromatic rings. The van der Waals surface area contributed by atoms with Crippen LogP contribution >= 0.6 is 0 Å². The Balaban J connectivity index is 2.91. The van der Waals surface area contributed by atoms with Gasteiger partial charge >= 0.3 is 5.97 Å². The molecule has 1 unspecified atom stereocenters. The van der Waals surface area contributed by atoms with Crippen molar-refractivity contribution in [1.82, 2.24) is 10.2 Å². The molecule has 23 heavy (non-hydrogen) atoms. The van der Waals surface area contributed by atoms with Gasteiger partial charge in [0.15, 0.2) is 0 Å². The maximum absolute atomic E-state index is 12.2. The first kappa shape index (κ1) is 18.4. The number of rotatable bonds is 7. The van der Waals surface area contributed by atoms with E-state index in [0.717, 1.165) is 0 Å². The first-order valence-corrected chi connectivity index (χ1v) is 7.41. The molecule has 0 aliphatic rings. The molecule has 0 spiro atoms. The molecule has 0 saturated heterocycles. The number of nitrogens with one attached hydrogen (secondary N) is 1. The summed E-state index contributed by atoms with van der Waals surface area (Å²) in [5.74, 6) is -1.81. The first-order chi connectivity index (χ1) is 10.9. The van der Waals surface area contributed by atoms with Crippen molar-refractivity contribution in [3.8, 4) is 0 Å². The first-order valence-electron chi connectivity index (χ1n) is 7.41. The van der Waals surface area contributed by atoms with Gasteiger partial charge in [0.05, 0.1) is 0 Å². The van der Waals surface area contributed by atoms with E-state index in [-0.39, 0.29) is 17.9 Å². The molecule has 0 aliphatic heterocycles. The topological polar surface area (TPSA) is 86.7 Å². The van der Waals surface area contributed by atoms with Gasteiger partial charge in [-0.2, -0.15) is 0 Å². The molecular weight excluding hydrogens is 296 g/mol. The number of aliphatic carboxylic acids is 1. The van der Waals surface area contributed by atoms with E-state index >= 15 is 0 Å². The number of carbonyl (C=O) groups is 3. The molecule has 0 aliphatic carbocycles. The van der Waals surface area contributed by atoms with Gasteiger partial charge in [0, 0.05) is 24.7 Å². The van der Waals surface area contributed by atoms with E-state index in [4.69, 9.17) is 5.11 Å². The zero-order valence-electron chi connectivity index (χ0n) is 13.6. The number of carboxylic acids is 1. The molecule has 0 fully saturated rings. The maximum atomic E-state index is 12.2. The number of nitrogens with zero attached hydrogens (tertiary/aromatic N) is 1. The SMILES string of the molecule is C/C=C/CC(NC(=O)c1cccc(C(=O)N(C)CC)c1)C(=O)O. The van der Waals surface area contributed by atoms with Crippen LogP contribution in [-0.2, 0) is 4.79 Å². The Hall–Kier alpha value is -2.63. The number of hydrogen-bond donors (Lipinski definition) is 2. The lowest BCUT2D eigenvalue weighted by atomic mass is 10.1. The van der Waals surface area contributed by atoms with Crippen LogP contribution in [0.5, 0.6) is 0 Å². The van der Waals surface area contributed by atoms with Gasteiger partial charge in [-0.15, -0.1) is 0 Å². The van der Waals surface area contributed by atoms with E-state index in [9.17, 15) is 14.4 Å². The summed E-state index contributed by atoms with van der Waals surface area (Å²) in [6.07, 6.45) is 3.60. The van der Waals surface area contributed by atoms with Crippen LogP contribution in [0, 0.1) is 0 Å². The smallest absolute Gasteiger partial charge is 0.326 e. The monoisotopic (exact) mass is 318 g/mol. The minimum absolute atomic E-state index is 0.189. The van der Waals surface area contributed by atoms with Crippen LogP contribution in [-0.4, -0.2) is 47.4 Å². The summed E-state index contributed by atoms with van der Waals surface area (Å²) in [4.78, 5) is 37.0. The van der Waals surface area contributed by atoms with Gasteiger partial charge in [-0.1, -0.05) is 18.2 Å². The molecule has 1 rings (SSSR count). The van der Waals surface area contributed by atoms with Gasteiger partial charge in [-0.05, 0) is 38.5 Å². The Bertz CT molecular complexity index is 610. The molecule has 0 aromatic heterocycles. The minimum atomic E-state index is -1.10. The third-order valence-corrected chi connectivity index (χ3v) is 3.40. The van der Waals surface area contributed by atoms with E-state index in [0.29, 0.717) is 12.1 Å². The second-order valence-electron chi connectivity index (χ2n) is 5.07. The van der Waals surface area contributed by atoms with Gasteiger partial charge in [0.2, 0.25) is 0 Å². The highest BCUT2D eigenvalue weighted by molar-refractivity contribution is 6.00. The average molecular weight is 318 g/mol. The van der Waals surface area contributed by atoms with Gasteiger partial charge in [-0.25, -0.2) is 4.79 Å². The quantitative estimate of drug-likeness (QED) is 0.752. The van der Waals surface area contributed by atoms with Crippen LogP contribution in [0.1, 0.15) is 41.0 Å². The molecular formula is C17H22N2O4. The van der Waals surface area contributed by atoms with E-state index in [2.05, 4.69) is 5.32 Å². The molecule has 0 saturated carbocycles. The van der Waals surface area contributed by atoms with Gasteiger partial charge in [0.1, 0.15) is 6.04 Å². The van der Waals surface area contributed by atoms with Crippen molar-refractivity contribution < 1.29 is 19.5 Å². The number of amides is 2. The lowest BCUT2D eigenvalue weighted by Gasteiger charge is -2.16. The van der Waals surface area contributed by atoms with E-state index < -0.39 is 17.9 Å². The van der Waals surface area contributed by atoms with Crippen LogP contribution in [0.4, 0.5) is 0 Å². The summed E-state index contributed by atoms with van der Waals surface area (Å²) in [6, 6.07) is 5.24. The van der Waals surface area contributed by atoms with E-state index in [1.54, 1.807) is 44.3 Å². The fraction of sp³-hybridized carbons (Fsp3) is 0.353. The number of benzene rings is 1. The average Bonchev–Trinajstić information content (AvgIpc) is 2.56. The predicted octanol–water partition coefficient (Wildman–Crippen LogP) is 1.93. The summed E-state index contributed by atoms with van der Waals surface area (Å²) in [6.45, 7) is 4.19. The second-order valence-corrected chi connectivity index (χ2v) is 5.07. The molecule has 2 amide bonds. The fourth-order valence-corrected chi connectivity index (χ4v) is 1.89. The van der Waals surface area contributed by atoms with Crippen LogP contribution in [0.3, 0.4) is 0 Å². The zero-order chi connectivity index (χ0) is 17.4. The number of carboxylic acid groups (broad SMARTS) is 1. The van der Waals surface area contributed by atoms with Crippen molar-refractivity contribution in [2.45, 2.75) is 26.3 Å². The molecule has 0 bridgehead atoms. The molecule has 1 aromatic carbocycles. The summed E-state index contributed by atoms with van der Waals surface area (Å²) < 4.78 is 0. The van der Waals surface area contributed by atoms with Crippen LogP contribution in [0.25, 0.3) is 0 Å². The van der Waals surface area contributed by atoms with Crippen molar-refractivity contribution in [3.63, 3.8) is 0 Å². The van der Waals surface area contributed by atoms with Crippen molar-refractivity contribution in [2.75, 3.05) is 13.6 Å². The highest BCUT2D eigenvalue weighted by Crippen LogP contribution is 2.09. The van der Waals surface area contributed by atoms with Crippen molar-refractivity contribution in [1.29, 1.82) is 0 Å². The van der Waals surface area contributed by atoms with Crippen molar-refractivity contribution >= 4 is 17.8 Å². The van der Waals surface area contributed by atoms with Gasteiger partial charge in [-0.3, -0.25) is 9.59 Å². The largest absolute Gasteiger partial charge is 0.480 e. The summed E-state index contributed by atoms with van der Waals surface area (Å²) in [7, 11) is 1.67. The molecule has 1 atom stereocenters. The number of allylic oxidation sites excluding steroid dienone is 1. The van der Waals surface area contributed by atoms with Crippen molar-refractivity contribution in [3.05, 3.63) is 47.5 Å². The Kier molecular flexibility index (Phi) is 6.99. The predicted molar refractivity (Wildman–Crippen MR) is 87.4 cm³/mol. The van der Waals surface area contributed by atoms with Gasteiger partial charge in [0.25, 0.3) is 11.8 Å².